The first-order valence-corrected chi connectivity index (χ1v) is 6.60. The summed E-state index contributed by atoms with van der Waals surface area (Å²) < 4.78 is 0. The maximum atomic E-state index is 2.48. The lowest BCUT2D eigenvalue weighted by molar-refractivity contribution is -0.905. The second kappa shape index (κ2) is 5.72. The zero-order valence-electron chi connectivity index (χ0n) is 9.43. The summed E-state index contributed by atoms with van der Waals surface area (Å²) in [5.41, 5.74) is 0. The molecule has 2 saturated heterocycles. The van der Waals surface area contributed by atoms with E-state index in [4.69, 9.17) is 0 Å². The first kappa shape index (κ1) is 10.4. The molecule has 82 valence electrons. The van der Waals surface area contributed by atoms with E-state index in [1.807, 2.05) is 4.90 Å². The smallest absolute Gasteiger partial charge is 0.0773 e. The molecule has 0 aromatic heterocycles. The monoisotopic (exact) mass is 198 g/mol. The van der Waals surface area contributed by atoms with Gasteiger partial charge in [-0.15, -0.1) is 0 Å². The molecule has 0 aromatic carbocycles. The molecule has 2 fully saturated rings. The molecule has 0 aliphatic carbocycles. The third kappa shape index (κ3) is 3.25. The molecule has 14 heavy (non-hydrogen) atoms. The summed E-state index contributed by atoms with van der Waals surface area (Å²) in [4.78, 5) is 1.89. The fourth-order valence-corrected chi connectivity index (χ4v) is 2.99. The molecule has 0 aromatic rings. The standard InChI is InChI=1S/C12H24N2/c1-2-9-14(10-3-1)11-6-12-4-7-13-8-5-12/h12-13H,1-11H2/p+2. The molecule has 2 aliphatic rings. The van der Waals surface area contributed by atoms with Crippen molar-refractivity contribution in [2.45, 2.75) is 38.5 Å². The largest absolute Gasteiger partial charge is 0.346 e. The number of hydrogen-bond donors (Lipinski definition) is 2. The first-order valence-electron chi connectivity index (χ1n) is 6.60. The highest BCUT2D eigenvalue weighted by Gasteiger charge is 2.19. The molecule has 2 rings (SSSR count). The fraction of sp³-hybridized carbons (Fsp3) is 1.00. The van der Waals surface area contributed by atoms with Gasteiger partial charge >= 0.3 is 0 Å². The Kier molecular flexibility index (Phi) is 4.26. The number of nitrogens with two attached hydrogens (primary N) is 1. The van der Waals surface area contributed by atoms with Gasteiger partial charge in [-0.2, -0.15) is 0 Å². The first-order chi connectivity index (χ1) is 6.95. The minimum Gasteiger partial charge on any atom is -0.346 e. The maximum absolute atomic E-state index is 2.48. The number of piperidine rings is 2. The normalized spacial score (nSPS) is 26.6. The Labute approximate surface area is 88.1 Å². The Morgan fingerprint density at radius 1 is 1.00 bits per heavy atom. The van der Waals surface area contributed by atoms with E-state index in [9.17, 15) is 0 Å². The third-order valence-corrected chi connectivity index (χ3v) is 4.02. The Bertz CT molecular complexity index is 128. The average molecular weight is 198 g/mol. The summed E-state index contributed by atoms with van der Waals surface area (Å²) >= 11 is 0. The summed E-state index contributed by atoms with van der Waals surface area (Å²) in [6.45, 7) is 7.16. The van der Waals surface area contributed by atoms with Crippen LogP contribution < -0.4 is 10.2 Å². The van der Waals surface area contributed by atoms with Gasteiger partial charge in [0.15, 0.2) is 0 Å². The highest BCUT2D eigenvalue weighted by Crippen LogP contribution is 2.11. The van der Waals surface area contributed by atoms with Gasteiger partial charge in [-0.25, -0.2) is 0 Å². The molecule has 0 radical (unpaired) electrons. The number of quaternary nitrogens is 2. The van der Waals surface area contributed by atoms with Crippen LogP contribution in [0.5, 0.6) is 0 Å². The van der Waals surface area contributed by atoms with Gasteiger partial charge in [0.1, 0.15) is 0 Å². The molecule has 0 bridgehead atoms. The molecular weight excluding hydrogens is 172 g/mol. The van der Waals surface area contributed by atoms with Crippen molar-refractivity contribution in [3.8, 4) is 0 Å². The zero-order valence-corrected chi connectivity index (χ0v) is 9.43. The predicted octanol–water partition coefficient (Wildman–Crippen LogP) is -0.581. The van der Waals surface area contributed by atoms with Crippen molar-refractivity contribution in [3.63, 3.8) is 0 Å². The van der Waals surface area contributed by atoms with E-state index in [1.54, 1.807) is 0 Å². The number of rotatable bonds is 3. The summed E-state index contributed by atoms with van der Waals surface area (Å²) in [7, 11) is 0. The number of likely N-dealkylation sites (tertiary alicyclic amines) is 1. The van der Waals surface area contributed by atoms with Gasteiger partial charge in [0.05, 0.1) is 32.7 Å². The molecule has 2 nitrogen and oxygen atoms in total. The van der Waals surface area contributed by atoms with Gasteiger partial charge in [0.25, 0.3) is 0 Å². The highest BCUT2D eigenvalue weighted by molar-refractivity contribution is 4.60. The SMILES string of the molecule is C1CC[NH+](CCC2CC[NH2+]CC2)CC1. The van der Waals surface area contributed by atoms with Crippen molar-refractivity contribution in [2.24, 2.45) is 5.92 Å². The summed E-state index contributed by atoms with van der Waals surface area (Å²) in [6, 6.07) is 0. The molecule has 0 amide bonds. The maximum Gasteiger partial charge on any atom is 0.0773 e. The second-order valence-electron chi connectivity index (χ2n) is 5.16. The van der Waals surface area contributed by atoms with Crippen LogP contribution in [0.3, 0.4) is 0 Å². The van der Waals surface area contributed by atoms with E-state index in [1.165, 1.54) is 71.2 Å². The lowest BCUT2D eigenvalue weighted by atomic mass is 9.94. The highest BCUT2D eigenvalue weighted by atomic mass is 15.1. The van der Waals surface area contributed by atoms with Crippen molar-refractivity contribution >= 4 is 0 Å². The predicted molar refractivity (Wildman–Crippen MR) is 58.4 cm³/mol. The van der Waals surface area contributed by atoms with E-state index in [0.29, 0.717) is 0 Å². The molecule has 0 spiro atoms. The molecule has 0 unspecified atom stereocenters. The van der Waals surface area contributed by atoms with E-state index < -0.39 is 0 Å². The molecule has 0 saturated carbocycles. The number of hydrogen-bond acceptors (Lipinski definition) is 0. The van der Waals surface area contributed by atoms with Crippen LogP contribution in [0.2, 0.25) is 0 Å². The Hall–Kier alpha value is -0.0800. The lowest BCUT2D eigenvalue weighted by Crippen LogP contribution is -3.12. The van der Waals surface area contributed by atoms with Crippen LogP contribution >= 0.6 is 0 Å². The van der Waals surface area contributed by atoms with Crippen LogP contribution in [0.15, 0.2) is 0 Å². The zero-order chi connectivity index (χ0) is 9.64. The van der Waals surface area contributed by atoms with E-state index >= 15 is 0 Å². The molecule has 3 N–H and O–H groups in total. The second-order valence-corrected chi connectivity index (χ2v) is 5.16. The minimum absolute atomic E-state index is 1.06. The quantitative estimate of drug-likeness (QED) is 0.605. The van der Waals surface area contributed by atoms with Crippen LogP contribution in [0.1, 0.15) is 38.5 Å². The van der Waals surface area contributed by atoms with Gasteiger partial charge in [0.2, 0.25) is 0 Å². The van der Waals surface area contributed by atoms with Gasteiger partial charge in [-0.05, 0) is 44.4 Å². The Morgan fingerprint density at radius 3 is 2.43 bits per heavy atom. The lowest BCUT2D eigenvalue weighted by Gasteiger charge is -2.26. The van der Waals surface area contributed by atoms with Crippen LogP contribution in [0.25, 0.3) is 0 Å². The van der Waals surface area contributed by atoms with Crippen molar-refractivity contribution in [1.29, 1.82) is 0 Å². The van der Waals surface area contributed by atoms with Crippen molar-refractivity contribution in [2.75, 3.05) is 32.7 Å². The Morgan fingerprint density at radius 2 is 1.71 bits per heavy atom. The summed E-state index contributed by atoms with van der Waals surface area (Å²) in [6.07, 6.45) is 8.91. The van der Waals surface area contributed by atoms with E-state index in [-0.39, 0.29) is 0 Å². The molecular formula is C12H26N2+2. The summed E-state index contributed by atoms with van der Waals surface area (Å²) in [5.74, 6) is 1.06. The topological polar surface area (TPSA) is 21.1 Å². The minimum atomic E-state index is 1.06. The van der Waals surface area contributed by atoms with E-state index in [2.05, 4.69) is 5.32 Å². The van der Waals surface area contributed by atoms with Crippen LogP contribution in [-0.2, 0) is 0 Å². The van der Waals surface area contributed by atoms with Gasteiger partial charge in [-0.1, -0.05) is 0 Å². The third-order valence-electron chi connectivity index (χ3n) is 4.02. The summed E-state index contributed by atoms with van der Waals surface area (Å²) in [5, 5.41) is 2.48. The average Bonchev–Trinajstić information content (AvgIpc) is 2.29. The Balaban J connectivity index is 1.60. The van der Waals surface area contributed by atoms with Crippen LogP contribution in [0, 0.1) is 5.92 Å². The van der Waals surface area contributed by atoms with Crippen molar-refractivity contribution in [1.82, 2.24) is 0 Å². The molecule has 2 aliphatic heterocycles. The van der Waals surface area contributed by atoms with Crippen LogP contribution in [-0.4, -0.2) is 32.7 Å². The van der Waals surface area contributed by atoms with Crippen LogP contribution in [0.4, 0.5) is 0 Å². The van der Waals surface area contributed by atoms with Gasteiger partial charge in [0, 0.05) is 0 Å². The van der Waals surface area contributed by atoms with E-state index in [0.717, 1.165) is 5.92 Å². The van der Waals surface area contributed by atoms with Gasteiger partial charge in [-0.3, -0.25) is 0 Å². The molecule has 0 atom stereocenters. The molecule has 2 heterocycles. The molecule has 2 heteroatoms. The van der Waals surface area contributed by atoms with Gasteiger partial charge < -0.3 is 10.2 Å². The fourth-order valence-electron chi connectivity index (χ4n) is 2.99. The van der Waals surface area contributed by atoms with Crippen molar-refractivity contribution in [3.05, 3.63) is 0 Å². The number of nitrogens with one attached hydrogen (secondary N) is 1. The van der Waals surface area contributed by atoms with Crippen molar-refractivity contribution < 1.29 is 10.2 Å².